The highest BCUT2D eigenvalue weighted by atomic mass is 16.4. The van der Waals surface area contributed by atoms with E-state index >= 15 is 0 Å². The van der Waals surface area contributed by atoms with E-state index in [0.717, 1.165) is 6.42 Å². The van der Waals surface area contributed by atoms with Crippen LogP contribution in [0, 0.1) is 0 Å². The van der Waals surface area contributed by atoms with Gasteiger partial charge < -0.3 is 15.5 Å². The zero-order valence-electron chi connectivity index (χ0n) is 11.9. The van der Waals surface area contributed by atoms with Crippen LogP contribution in [0.3, 0.4) is 0 Å². The lowest BCUT2D eigenvalue weighted by Crippen LogP contribution is -2.44. The Labute approximate surface area is 116 Å². The van der Waals surface area contributed by atoms with Crippen molar-refractivity contribution in [2.75, 3.05) is 5.73 Å². The number of oxazole rings is 1. The molecular weight excluding hydrogens is 258 g/mol. The molecule has 20 heavy (non-hydrogen) atoms. The monoisotopic (exact) mass is 277 g/mol. The zero-order valence-corrected chi connectivity index (χ0v) is 11.9. The standard InChI is InChI=1S/C14H19N3O3/c1-4-14(2,3)16-12(18)8-17-10-6-5-9(15)7-11(10)20-13(17)19/h5-7H,4,8,15H2,1-3H3,(H,16,18). The predicted octanol–water partition coefficient (Wildman–Crippen LogP) is 1.48. The molecule has 0 unspecified atom stereocenters. The van der Waals surface area contributed by atoms with E-state index in [4.69, 9.17) is 10.2 Å². The number of nitrogens with two attached hydrogens (primary N) is 1. The second-order valence-electron chi connectivity index (χ2n) is 5.47. The van der Waals surface area contributed by atoms with E-state index in [0.29, 0.717) is 16.8 Å². The molecule has 0 radical (unpaired) electrons. The van der Waals surface area contributed by atoms with Crippen molar-refractivity contribution >= 4 is 22.7 Å². The SMILES string of the molecule is CCC(C)(C)NC(=O)Cn1c(=O)oc2cc(N)ccc21. The normalized spacial score (nSPS) is 11.8. The number of anilines is 1. The van der Waals surface area contributed by atoms with Gasteiger partial charge in [-0.3, -0.25) is 9.36 Å². The summed E-state index contributed by atoms with van der Waals surface area (Å²) in [7, 11) is 0. The summed E-state index contributed by atoms with van der Waals surface area (Å²) < 4.78 is 6.39. The summed E-state index contributed by atoms with van der Waals surface area (Å²) in [5, 5.41) is 2.88. The molecule has 0 saturated heterocycles. The molecule has 0 aliphatic rings. The minimum atomic E-state index is -0.560. The molecule has 6 heteroatoms. The highest BCUT2D eigenvalue weighted by Crippen LogP contribution is 2.16. The van der Waals surface area contributed by atoms with E-state index < -0.39 is 5.76 Å². The summed E-state index contributed by atoms with van der Waals surface area (Å²) in [6, 6.07) is 4.91. The molecule has 1 heterocycles. The molecule has 0 aliphatic carbocycles. The Bertz CT molecular complexity index is 697. The van der Waals surface area contributed by atoms with Gasteiger partial charge in [-0.05, 0) is 32.4 Å². The second kappa shape index (κ2) is 5.03. The molecule has 0 aliphatic heterocycles. The van der Waals surface area contributed by atoms with E-state index in [2.05, 4.69) is 5.32 Å². The van der Waals surface area contributed by atoms with Crippen LogP contribution in [0.5, 0.6) is 0 Å². The molecule has 2 aromatic rings. The van der Waals surface area contributed by atoms with Gasteiger partial charge in [-0.25, -0.2) is 4.79 Å². The minimum Gasteiger partial charge on any atom is -0.408 e. The molecular formula is C14H19N3O3. The van der Waals surface area contributed by atoms with Gasteiger partial charge in [0.05, 0.1) is 5.52 Å². The van der Waals surface area contributed by atoms with Crippen molar-refractivity contribution in [3.8, 4) is 0 Å². The molecule has 1 aromatic carbocycles. The molecule has 108 valence electrons. The van der Waals surface area contributed by atoms with Crippen LogP contribution in [0.4, 0.5) is 5.69 Å². The number of carbonyl (C=O) groups is 1. The summed E-state index contributed by atoms with van der Waals surface area (Å²) in [6.45, 7) is 5.78. The van der Waals surface area contributed by atoms with Gasteiger partial charge in [-0.2, -0.15) is 0 Å². The largest absolute Gasteiger partial charge is 0.420 e. The first-order valence-corrected chi connectivity index (χ1v) is 6.52. The van der Waals surface area contributed by atoms with Gasteiger partial charge in [-0.15, -0.1) is 0 Å². The fraction of sp³-hybridized carbons (Fsp3) is 0.429. The lowest BCUT2D eigenvalue weighted by Gasteiger charge is -2.24. The van der Waals surface area contributed by atoms with Crippen molar-refractivity contribution < 1.29 is 9.21 Å². The Hall–Kier alpha value is -2.24. The summed E-state index contributed by atoms with van der Waals surface area (Å²) in [5.74, 6) is -0.784. The molecule has 0 saturated carbocycles. The van der Waals surface area contributed by atoms with Crippen LogP contribution in [0.1, 0.15) is 27.2 Å². The number of aromatic nitrogens is 1. The van der Waals surface area contributed by atoms with Crippen LogP contribution < -0.4 is 16.8 Å². The Kier molecular flexibility index (Phi) is 3.57. The first-order valence-electron chi connectivity index (χ1n) is 6.52. The van der Waals surface area contributed by atoms with E-state index in [1.54, 1.807) is 18.2 Å². The smallest absolute Gasteiger partial charge is 0.408 e. The van der Waals surface area contributed by atoms with Gasteiger partial charge >= 0.3 is 5.76 Å². The third kappa shape index (κ3) is 2.84. The van der Waals surface area contributed by atoms with E-state index in [1.165, 1.54) is 4.57 Å². The van der Waals surface area contributed by atoms with Gasteiger partial charge in [-0.1, -0.05) is 6.92 Å². The Balaban J connectivity index is 2.28. The second-order valence-corrected chi connectivity index (χ2v) is 5.47. The number of rotatable bonds is 4. The van der Waals surface area contributed by atoms with Crippen LogP contribution in [-0.4, -0.2) is 16.0 Å². The highest BCUT2D eigenvalue weighted by Gasteiger charge is 2.19. The van der Waals surface area contributed by atoms with Crippen molar-refractivity contribution in [3.63, 3.8) is 0 Å². The maximum absolute atomic E-state index is 12.0. The number of nitrogens with zero attached hydrogens (tertiary/aromatic N) is 1. The zero-order chi connectivity index (χ0) is 14.9. The Morgan fingerprint density at radius 1 is 1.45 bits per heavy atom. The first-order chi connectivity index (χ1) is 9.32. The highest BCUT2D eigenvalue weighted by molar-refractivity contribution is 5.81. The maximum atomic E-state index is 12.0. The van der Waals surface area contributed by atoms with Gasteiger partial charge in [0.15, 0.2) is 5.58 Å². The number of nitrogen functional groups attached to an aromatic ring is 1. The van der Waals surface area contributed by atoms with Crippen LogP contribution in [0.25, 0.3) is 11.1 Å². The average Bonchev–Trinajstić information content (AvgIpc) is 2.64. The summed E-state index contributed by atoms with van der Waals surface area (Å²) in [4.78, 5) is 23.8. The van der Waals surface area contributed by atoms with Gasteiger partial charge in [0, 0.05) is 17.3 Å². The van der Waals surface area contributed by atoms with Crippen molar-refractivity contribution in [2.24, 2.45) is 0 Å². The third-order valence-corrected chi connectivity index (χ3v) is 3.36. The molecule has 0 bridgehead atoms. The topological polar surface area (TPSA) is 90.3 Å². The maximum Gasteiger partial charge on any atom is 0.420 e. The molecule has 3 N–H and O–H groups in total. The van der Waals surface area contributed by atoms with Crippen LogP contribution in [0.2, 0.25) is 0 Å². The molecule has 1 amide bonds. The average molecular weight is 277 g/mol. The molecule has 0 atom stereocenters. The van der Waals surface area contributed by atoms with Crippen LogP contribution >= 0.6 is 0 Å². The fourth-order valence-corrected chi connectivity index (χ4v) is 1.88. The Morgan fingerprint density at radius 3 is 2.80 bits per heavy atom. The number of amides is 1. The number of hydrogen-bond donors (Lipinski definition) is 2. The number of carbonyl (C=O) groups excluding carboxylic acids is 1. The summed E-state index contributed by atoms with van der Waals surface area (Å²) >= 11 is 0. The lowest BCUT2D eigenvalue weighted by molar-refractivity contribution is -0.123. The summed E-state index contributed by atoms with van der Waals surface area (Å²) in [6.07, 6.45) is 0.802. The fourth-order valence-electron chi connectivity index (χ4n) is 1.88. The van der Waals surface area contributed by atoms with Crippen molar-refractivity contribution in [3.05, 3.63) is 28.7 Å². The molecule has 0 spiro atoms. The molecule has 6 nitrogen and oxygen atoms in total. The predicted molar refractivity (Wildman–Crippen MR) is 77.4 cm³/mol. The Morgan fingerprint density at radius 2 is 2.15 bits per heavy atom. The number of hydrogen-bond acceptors (Lipinski definition) is 4. The van der Waals surface area contributed by atoms with Gasteiger partial charge in [0.1, 0.15) is 6.54 Å². The van der Waals surface area contributed by atoms with Crippen molar-refractivity contribution in [2.45, 2.75) is 39.3 Å². The summed E-state index contributed by atoms with van der Waals surface area (Å²) in [5.41, 5.74) is 6.79. The van der Waals surface area contributed by atoms with Crippen molar-refractivity contribution in [1.82, 2.24) is 9.88 Å². The van der Waals surface area contributed by atoms with E-state index in [1.807, 2.05) is 20.8 Å². The van der Waals surface area contributed by atoms with Crippen molar-refractivity contribution in [1.29, 1.82) is 0 Å². The quantitative estimate of drug-likeness (QED) is 0.828. The minimum absolute atomic E-state index is 0.0703. The van der Waals surface area contributed by atoms with Crippen LogP contribution in [-0.2, 0) is 11.3 Å². The molecule has 1 aromatic heterocycles. The molecule has 0 fully saturated rings. The lowest BCUT2D eigenvalue weighted by atomic mass is 10.0. The number of benzene rings is 1. The number of nitrogens with one attached hydrogen (secondary N) is 1. The van der Waals surface area contributed by atoms with Gasteiger partial charge in [0.2, 0.25) is 5.91 Å². The number of fused-ring (bicyclic) bond motifs is 1. The first kappa shape index (κ1) is 14.2. The van der Waals surface area contributed by atoms with Crippen LogP contribution in [0.15, 0.2) is 27.4 Å². The molecule has 2 rings (SSSR count). The van der Waals surface area contributed by atoms with E-state index in [9.17, 15) is 9.59 Å². The van der Waals surface area contributed by atoms with E-state index in [-0.39, 0.29) is 18.0 Å². The van der Waals surface area contributed by atoms with Gasteiger partial charge in [0.25, 0.3) is 0 Å². The third-order valence-electron chi connectivity index (χ3n) is 3.36.